The van der Waals surface area contributed by atoms with E-state index in [-0.39, 0.29) is 17.5 Å². The molecule has 1 amide bonds. The number of rotatable bonds is 6. The third kappa shape index (κ3) is 5.62. The number of amides is 1. The number of likely N-dealkylation sites (N-methyl/N-ethyl adjacent to an activating group) is 1. The maximum absolute atomic E-state index is 13.3. The Balaban J connectivity index is 1.44. The zero-order valence-electron chi connectivity index (χ0n) is 22.9. The van der Waals surface area contributed by atoms with Gasteiger partial charge in [-0.2, -0.15) is 9.61 Å². The number of carbonyl (C=O) groups is 1. The van der Waals surface area contributed by atoms with Gasteiger partial charge in [0.2, 0.25) is 5.88 Å². The Labute approximate surface area is 244 Å². The quantitative estimate of drug-likeness (QED) is 0.239. The molecule has 0 spiro atoms. The summed E-state index contributed by atoms with van der Waals surface area (Å²) in [6.45, 7) is 1.40. The highest BCUT2D eigenvalue weighted by Gasteiger charge is 2.28. The van der Waals surface area contributed by atoms with Gasteiger partial charge in [0.05, 0.1) is 11.9 Å². The summed E-state index contributed by atoms with van der Waals surface area (Å²) in [5.74, 6) is 0.134. The molecule has 4 heterocycles. The van der Waals surface area contributed by atoms with Crippen LogP contribution >= 0.6 is 11.6 Å². The van der Waals surface area contributed by atoms with Crippen LogP contribution in [-0.2, 0) is 0 Å². The minimum atomic E-state index is -0.539. The van der Waals surface area contributed by atoms with Gasteiger partial charge in [-0.1, -0.05) is 23.7 Å². The zero-order valence-corrected chi connectivity index (χ0v) is 23.6. The average Bonchev–Trinajstić information content (AvgIpc) is 3.68. The summed E-state index contributed by atoms with van der Waals surface area (Å²) in [5, 5.41) is 18.9. The number of benzene rings is 2. The molecular formula is C29H28ClN9O3. The molecule has 4 N–H and O–H groups in total. The van der Waals surface area contributed by atoms with Crippen LogP contribution in [0.5, 0.6) is 5.88 Å². The van der Waals surface area contributed by atoms with Crippen LogP contribution in [0.3, 0.4) is 0 Å². The van der Waals surface area contributed by atoms with Crippen molar-refractivity contribution in [1.82, 2.24) is 34.4 Å². The number of aromatic nitrogens is 5. The first-order chi connectivity index (χ1) is 20.2. The zero-order chi connectivity index (χ0) is 29.4. The lowest BCUT2D eigenvalue weighted by Crippen LogP contribution is -2.34. The van der Waals surface area contributed by atoms with Crippen molar-refractivity contribution in [3.63, 3.8) is 0 Å². The highest BCUT2D eigenvalue weighted by atomic mass is 35.5. The van der Waals surface area contributed by atoms with Crippen LogP contribution in [0.1, 0.15) is 22.5 Å². The Morgan fingerprint density at radius 1 is 1.19 bits per heavy atom. The van der Waals surface area contributed by atoms with E-state index in [0.29, 0.717) is 57.6 Å². The third-order valence-electron chi connectivity index (χ3n) is 7.13. The van der Waals surface area contributed by atoms with E-state index >= 15 is 0 Å². The largest absolute Gasteiger partial charge is 0.493 e. The topological polar surface area (TPSA) is 147 Å². The van der Waals surface area contributed by atoms with E-state index in [2.05, 4.69) is 25.3 Å². The van der Waals surface area contributed by atoms with Gasteiger partial charge in [0.25, 0.3) is 5.91 Å². The number of imidazole rings is 1. The van der Waals surface area contributed by atoms with E-state index in [9.17, 15) is 14.7 Å². The molecule has 12 nitrogen and oxygen atoms in total. The highest BCUT2D eigenvalue weighted by Crippen LogP contribution is 2.21. The molecule has 1 aliphatic rings. The van der Waals surface area contributed by atoms with Crippen LogP contribution in [0, 0.1) is 0 Å². The minimum Gasteiger partial charge on any atom is -0.493 e. The number of hydrogen-bond acceptors (Lipinski definition) is 8. The van der Waals surface area contributed by atoms with Crippen LogP contribution in [0.15, 0.2) is 70.6 Å². The second-order valence-corrected chi connectivity index (χ2v) is 10.7. The van der Waals surface area contributed by atoms with Gasteiger partial charge < -0.3 is 25.2 Å². The molecule has 214 valence electrons. The fourth-order valence-electron chi connectivity index (χ4n) is 4.94. The van der Waals surface area contributed by atoms with E-state index in [1.807, 2.05) is 43.3 Å². The van der Waals surface area contributed by atoms with E-state index in [4.69, 9.17) is 21.6 Å². The van der Waals surface area contributed by atoms with Crippen molar-refractivity contribution in [2.24, 2.45) is 4.99 Å². The second kappa shape index (κ2) is 11.1. The van der Waals surface area contributed by atoms with Crippen molar-refractivity contribution >= 4 is 46.4 Å². The number of nitrogens with zero attached hydrogens (tertiary/aromatic N) is 6. The molecule has 1 unspecified atom stereocenters. The molecular weight excluding hydrogens is 558 g/mol. The maximum Gasteiger partial charge on any atom is 0.326 e. The number of nitrogens with one attached hydrogen (secondary N) is 3. The Morgan fingerprint density at radius 3 is 2.76 bits per heavy atom. The average molecular weight is 586 g/mol. The molecule has 0 aliphatic carbocycles. The van der Waals surface area contributed by atoms with Gasteiger partial charge in [0.15, 0.2) is 11.1 Å². The monoisotopic (exact) mass is 585 g/mol. The molecule has 1 saturated heterocycles. The SMILES string of the molecule is CN(C)C1CCN(C(=O)c2cccc(N=c3cc(Nc4cccc(Cl)c4)nc4/c(=C\c5[nH]c(=O)[nH]c5O)cnn34)c2)C1. The molecule has 5 aromatic rings. The maximum atomic E-state index is 13.3. The molecule has 1 aliphatic heterocycles. The van der Waals surface area contributed by atoms with Gasteiger partial charge in [0, 0.05) is 46.7 Å². The van der Waals surface area contributed by atoms with Gasteiger partial charge in [-0.25, -0.2) is 14.8 Å². The molecule has 2 aromatic carbocycles. The Bertz CT molecular complexity index is 1980. The first-order valence-electron chi connectivity index (χ1n) is 13.3. The lowest BCUT2D eigenvalue weighted by atomic mass is 10.2. The number of H-pyrrole nitrogens is 2. The van der Waals surface area contributed by atoms with Gasteiger partial charge in [-0.05, 0) is 63.0 Å². The molecule has 13 heteroatoms. The summed E-state index contributed by atoms with van der Waals surface area (Å²) in [5.41, 5.74) is 2.35. The number of anilines is 2. The first-order valence-corrected chi connectivity index (χ1v) is 13.7. The Morgan fingerprint density at radius 2 is 2.02 bits per heavy atom. The number of hydrogen-bond donors (Lipinski definition) is 4. The summed E-state index contributed by atoms with van der Waals surface area (Å²) in [4.78, 5) is 43.3. The number of carbonyl (C=O) groups excluding carboxylic acids is 1. The van der Waals surface area contributed by atoms with Gasteiger partial charge in [-0.15, -0.1) is 0 Å². The first kappa shape index (κ1) is 27.2. The standard InChI is InChI=1S/C29H28ClN9O3/c1-37(2)22-9-10-38(16-22)28(41)17-5-3-7-20(11-17)33-25-14-24(32-21-8-4-6-19(30)13-21)35-26-18(15-31-39(25)26)12-23-27(40)36-29(42)34-23/h3-8,11-15,22,32,40H,9-10,16H2,1-2H3,(H2,34,36,42)/b18-12-,33-25?. The number of aromatic amines is 2. The number of halogens is 1. The number of fused-ring (bicyclic) bond motifs is 1. The molecule has 1 fully saturated rings. The summed E-state index contributed by atoms with van der Waals surface area (Å²) in [7, 11) is 4.06. The van der Waals surface area contributed by atoms with E-state index < -0.39 is 5.69 Å². The summed E-state index contributed by atoms with van der Waals surface area (Å²) in [6, 6.07) is 16.5. The Hall–Kier alpha value is -4.94. The van der Waals surface area contributed by atoms with Crippen molar-refractivity contribution in [1.29, 1.82) is 0 Å². The van der Waals surface area contributed by atoms with Gasteiger partial charge in [-0.3, -0.25) is 9.78 Å². The predicted octanol–water partition coefficient (Wildman–Crippen LogP) is 2.40. The number of likely N-dealkylation sites (tertiary alicyclic amines) is 1. The lowest BCUT2D eigenvalue weighted by Gasteiger charge is -2.20. The highest BCUT2D eigenvalue weighted by molar-refractivity contribution is 6.30. The summed E-state index contributed by atoms with van der Waals surface area (Å²) in [6.07, 6.45) is 4.06. The fraction of sp³-hybridized carbons (Fsp3) is 0.207. The summed E-state index contributed by atoms with van der Waals surface area (Å²) < 4.78 is 1.55. The molecule has 0 bridgehead atoms. The van der Waals surface area contributed by atoms with Crippen molar-refractivity contribution < 1.29 is 9.90 Å². The van der Waals surface area contributed by atoms with Crippen molar-refractivity contribution in [2.45, 2.75) is 12.5 Å². The van der Waals surface area contributed by atoms with E-state index in [0.717, 1.165) is 12.1 Å². The lowest BCUT2D eigenvalue weighted by molar-refractivity contribution is 0.0783. The van der Waals surface area contributed by atoms with Crippen molar-refractivity contribution in [3.05, 3.63) is 98.3 Å². The number of aromatic hydroxyl groups is 1. The van der Waals surface area contributed by atoms with Crippen LogP contribution in [0.4, 0.5) is 17.2 Å². The van der Waals surface area contributed by atoms with Crippen LogP contribution in [0.25, 0.3) is 11.7 Å². The predicted molar refractivity (Wildman–Crippen MR) is 159 cm³/mol. The molecule has 6 rings (SSSR count). The minimum absolute atomic E-state index is 0.0316. The van der Waals surface area contributed by atoms with Gasteiger partial charge in [0.1, 0.15) is 11.5 Å². The molecule has 0 radical (unpaired) electrons. The molecule has 42 heavy (non-hydrogen) atoms. The third-order valence-corrected chi connectivity index (χ3v) is 7.37. The van der Waals surface area contributed by atoms with Crippen LogP contribution in [0.2, 0.25) is 5.02 Å². The van der Waals surface area contributed by atoms with Crippen LogP contribution in [-0.4, -0.2) is 78.6 Å². The van der Waals surface area contributed by atoms with E-state index in [1.54, 1.807) is 47.1 Å². The Kier molecular flexibility index (Phi) is 7.23. The second-order valence-electron chi connectivity index (χ2n) is 10.3. The summed E-state index contributed by atoms with van der Waals surface area (Å²) >= 11 is 6.18. The van der Waals surface area contributed by atoms with E-state index in [1.165, 1.54) is 0 Å². The van der Waals surface area contributed by atoms with Crippen molar-refractivity contribution in [2.75, 3.05) is 32.5 Å². The van der Waals surface area contributed by atoms with Crippen LogP contribution < -0.4 is 21.7 Å². The smallest absolute Gasteiger partial charge is 0.326 e. The fourth-order valence-corrected chi connectivity index (χ4v) is 5.13. The van der Waals surface area contributed by atoms with Gasteiger partial charge >= 0.3 is 5.69 Å². The molecule has 1 atom stereocenters. The van der Waals surface area contributed by atoms with Crippen molar-refractivity contribution in [3.8, 4) is 5.88 Å². The molecule has 3 aromatic heterocycles. The normalized spacial score (nSPS) is 16.2. The molecule has 0 saturated carbocycles.